The van der Waals surface area contributed by atoms with Gasteiger partial charge < -0.3 is 5.11 Å². The third kappa shape index (κ3) is 2.26. The number of rotatable bonds is 1. The lowest BCUT2D eigenvalue weighted by Gasteiger charge is -2.29. The van der Waals surface area contributed by atoms with Crippen LogP contribution < -0.4 is 11.2 Å². The summed E-state index contributed by atoms with van der Waals surface area (Å²) in [5.41, 5.74) is 3.71. The van der Waals surface area contributed by atoms with Gasteiger partial charge in [-0.1, -0.05) is 36.4 Å². The summed E-state index contributed by atoms with van der Waals surface area (Å²) in [6.07, 6.45) is 0.338. The van der Waals surface area contributed by atoms with Gasteiger partial charge in [0.25, 0.3) is 5.56 Å². The van der Waals surface area contributed by atoms with Crippen LogP contribution in [-0.4, -0.2) is 20.0 Å². The first-order chi connectivity index (χ1) is 13.9. The Balaban J connectivity index is 1.90. The number of hydrogen-bond acceptors (Lipinski definition) is 4. The van der Waals surface area contributed by atoms with E-state index in [0.29, 0.717) is 34.4 Å². The minimum atomic E-state index is -0.647. The number of carbonyl (C=O) groups excluding carboxylic acids is 1. The van der Waals surface area contributed by atoms with Gasteiger partial charge in [-0.3, -0.25) is 18.7 Å². The standard InChI is InChI=1S/C23H18N2O4/c1-24-17-11-16-14-8-3-4-9-15(14)21(27)19(16)18(12-6-5-7-13(26)10-12)20(17)22(28)25(2)23(24)29/h3-10,18,26H,11H2,1-2H3. The molecule has 3 aromatic rings. The number of phenolic OH excluding ortho intramolecular Hbond substituents is 1. The monoisotopic (exact) mass is 386 g/mol. The molecule has 2 aromatic carbocycles. The number of aromatic nitrogens is 2. The molecule has 0 aliphatic heterocycles. The van der Waals surface area contributed by atoms with Crippen molar-refractivity contribution in [1.82, 2.24) is 9.13 Å². The number of Topliss-reactive ketones (excluding diaryl/α,β-unsaturated/α-hetero) is 1. The van der Waals surface area contributed by atoms with Crippen molar-refractivity contribution < 1.29 is 9.90 Å². The molecular weight excluding hydrogens is 368 g/mol. The highest BCUT2D eigenvalue weighted by Crippen LogP contribution is 2.48. The zero-order valence-corrected chi connectivity index (χ0v) is 16.0. The van der Waals surface area contributed by atoms with Crippen LogP contribution in [0, 0.1) is 0 Å². The van der Waals surface area contributed by atoms with Crippen molar-refractivity contribution in [2.24, 2.45) is 14.1 Å². The predicted octanol–water partition coefficient (Wildman–Crippen LogP) is 2.13. The lowest BCUT2D eigenvalue weighted by atomic mass is 9.76. The van der Waals surface area contributed by atoms with E-state index < -0.39 is 17.2 Å². The molecule has 0 radical (unpaired) electrons. The van der Waals surface area contributed by atoms with Crippen molar-refractivity contribution >= 4 is 11.4 Å². The Labute approximate surface area is 166 Å². The van der Waals surface area contributed by atoms with Crippen LogP contribution in [0.2, 0.25) is 0 Å². The molecule has 144 valence electrons. The molecule has 1 unspecified atom stereocenters. The SMILES string of the molecule is Cn1c2c(c(=O)n(C)c1=O)C(c1cccc(O)c1)C1=C(C2)c2ccccc2C1=O. The van der Waals surface area contributed by atoms with Gasteiger partial charge in [-0.25, -0.2) is 4.79 Å². The molecule has 0 saturated carbocycles. The Kier molecular flexibility index (Phi) is 3.55. The number of nitrogens with zero attached hydrogens (tertiary/aromatic N) is 2. The average Bonchev–Trinajstić information content (AvgIpc) is 3.01. The topological polar surface area (TPSA) is 81.3 Å². The number of aromatic hydroxyl groups is 1. The average molecular weight is 386 g/mol. The summed E-state index contributed by atoms with van der Waals surface area (Å²) >= 11 is 0. The van der Waals surface area contributed by atoms with E-state index in [1.54, 1.807) is 37.4 Å². The maximum atomic E-state index is 13.4. The van der Waals surface area contributed by atoms with E-state index in [1.807, 2.05) is 18.2 Å². The van der Waals surface area contributed by atoms with Crippen LogP contribution in [0.4, 0.5) is 0 Å². The number of carbonyl (C=O) groups is 1. The van der Waals surface area contributed by atoms with Crippen LogP contribution >= 0.6 is 0 Å². The summed E-state index contributed by atoms with van der Waals surface area (Å²) in [6, 6.07) is 14.0. The fourth-order valence-electron chi connectivity index (χ4n) is 4.63. The number of fused-ring (bicyclic) bond motifs is 3. The Morgan fingerprint density at radius 1 is 0.931 bits per heavy atom. The van der Waals surface area contributed by atoms with Gasteiger partial charge in [-0.2, -0.15) is 0 Å². The smallest absolute Gasteiger partial charge is 0.330 e. The van der Waals surface area contributed by atoms with Crippen LogP contribution in [0.3, 0.4) is 0 Å². The van der Waals surface area contributed by atoms with E-state index in [0.717, 1.165) is 15.7 Å². The minimum Gasteiger partial charge on any atom is -0.508 e. The van der Waals surface area contributed by atoms with Crippen molar-refractivity contribution in [2.45, 2.75) is 12.3 Å². The normalized spacial score (nSPS) is 17.2. The van der Waals surface area contributed by atoms with E-state index in [4.69, 9.17) is 0 Å². The fraction of sp³-hybridized carbons (Fsp3) is 0.174. The van der Waals surface area contributed by atoms with E-state index in [-0.39, 0.29) is 11.5 Å². The van der Waals surface area contributed by atoms with E-state index in [9.17, 15) is 19.5 Å². The zero-order valence-electron chi connectivity index (χ0n) is 16.0. The van der Waals surface area contributed by atoms with Crippen LogP contribution in [0.25, 0.3) is 5.57 Å². The van der Waals surface area contributed by atoms with Crippen LogP contribution in [-0.2, 0) is 20.5 Å². The minimum absolute atomic E-state index is 0.0568. The van der Waals surface area contributed by atoms with Crippen LogP contribution in [0.5, 0.6) is 5.75 Å². The highest BCUT2D eigenvalue weighted by Gasteiger charge is 2.42. The van der Waals surface area contributed by atoms with Gasteiger partial charge in [0.15, 0.2) is 5.78 Å². The number of allylic oxidation sites excluding steroid dienone is 2. The van der Waals surface area contributed by atoms with Crippen molar-refractivity contribution in [3.8, 4) is 5.75 Å². The Morgan fingerprint density at radius 3 is 2.38 bits per heavy atom. The molecule has 0 amide bonds. The summed E-state index contributed by atoms with van der Waals surface area (Å²) in [4.78, 5) is 39.1. The van der Waals surface area contributed by atoms with Crippen molar-refractivity contribution in [3.63, 3.8) is 0 Å². The second kappa shape index (κ2) is 5.91. The van der Waals surface area contributed by atoms with Gasteiger partial charge in [0.1, 0.15) is 5.75 Å². The second-order valence-electron chi connectivity index (χ2n) is 7.54. The van der Waals surface area contributed by atoms with Crippen molar-refractivity contribution in [2.75, 3.05) is 0 Å². The highest BCUT2D eigenvalue weighted by atomic mass is 16.3. The van der Waals surface area contributed by atoms with Gasteiger partial charge in [-0.15, -0.1) is 0 Å². The summed E-state index contributed by atoms with van der Waals surface area (Å²) < 4.78 is 2.56. The van der Waals surface area contributed by atoms with Crippen molar-refractivity contribution in [3.05, 3.63) is 103 Å². The molecule has 29 heavy (non-hydrogen) atoms. The molecule has 1 atom stereocenters. The molecule has 6 nitrogen and oxygen atoms in total. The van der Waals surface area contributed by atoms with Gasteiger partial charge in [0.05, 0.1) is 0 Å². The Bertz CT molecular complexity index is 1370. The molecule has 0 bridgehead atoms. The summed E-state index contributed by atoms with van der Waals surface area (Å²) in [5.74, 6) is -0.696. The first-order valence-corrected chi connectivity index (χ1v) is 9.35. The molecule has 1 heterocycles. The summed E-state index contributed by atoms with van der Waals surface area (Å²) in [5, 5.41) is 10.1. The third-order valence-corrected chi connectivity index (χ3v) is 6.02. The Morgan fingerprint density at radius 2 is 1.66 bits per heavy atom. The first-order valence-electron chi connectivity index (χ1n) is 9.35. The maximum Gasteiger partial charge on any atom is 0.330 e. The van der Waals surface area contributed by atoms with Crippen LogP contribution in [0.1, 0.15) is 38.7 Å². The fourth-order valence-corrected chi connectivity index (χ4v) is 4.63. The van der Waals surface area contributed by atoms with Gasteiger partial charge in [-0.05, 0) is 28.8 Å². The van der Waals surface area contributed by atoms with Gasteiger partial charge in [0, 0.05) is 48.8 Å². The quantitative estimate of drug-likeness (QED) is 0.695. The lowest BCUT2D eigenvalue weighted by Crippen LogP contribution is -2.43. The highest BCUT2D eigenvalue weighted by molar-refractivity contribution is 6.22. The number of phenols is 1. The van der Waals surface area contributed by atoms with Crippen LogP contribution in [0.15, 0.2) is 63.7 Å². The molecule has 1 N–H and O–H groups in total. The molecule has 1 aromatic heterocycles. The van der Waals surface area contributed by atoms with E-state index in [1.165, 1.54) is 11.6 Å². The first kappa shape index (κ1) is 17.4. The molecule has 0 spiro atoms. The Hall–Kier alpha value is -3.67. The van der Waals surface area contributed by atoms with Crippen molar-refractivity contribution in [1.29, 1.82) is 0 Å². The largest absolute Gasteiger partial charge is 0.508 e. The summed E-state index contributed by atoms with van der Waals surface area (Å²) in [7, 11) is 3.09. The molecule has 0 fully saturated rings. The molecule has 0 saturated heterocycles. The molecule has 6 heteroatoms. The molecule has 2 aliphatic rings. The second-order valence-corrected chi connectivity index (χ2v) is 7.54. The third-order valence-electron chi connectivity index (χ3n) is 6.02. The number of hydrogen-bond donors (Lipinski definition) is 1. The maximum absolute atomic E-state index is 13.4. The number of ketones is 1. The van der Waals surface area contributed by atoms with E-state index in [2.05, 4.69) is 0 Å². The lowest BCUT2D eigenvalue weighted by molar-refractivity contribution is 0.103. The number of benzene rings is 2. The van der Waals surface area contributed by atoms with E-state index >= 15 is 0 Å². The predicted molar refractivity (Wildman–Crippen MR) is 108 cm³/mol. The molecule has 2 aliphatic carbocycles. The van der Waals surface area contributed by atoms with Gasteiger partial charge in [0.2, 0.25) is 0 Å². The van der Waals surface area contributed by atoms with Gasteiger partial charge >= 0.3 is 5.69 Å². The molecular formula is C23H18N2O4. The summed E-state index contributed by atoms with van der Waals surface area (Å²) in [6.45, 7) is 0. The molecule has 5 rings (SSSR count). The zero-order chi connectivity index (χ0) is 20.4.